The molecular weight excluding hydrogens is 276 g/mol. The molecule has 0 atom stereocenters. The summed E-state index contributed by atoms with van der Waals surface area (Å²) in [5, 5.41) is 13.5. The summed E-state index contributed by atoms with van der Waals surface area (Å²) in [5.41, 5.74) is 1.44. The lowest BCUT2D eigenvalue weighted by atomic mass is 10.2. The quantitative estimate of drug-likeness (QED) is 0.589. The molecule has 6 nitrogen and oxygen atoms in total. The maximum absolute atomic E-state index is 11.3. The fraction of sp³-hybridized carbons (Fsp3) is 0.692. The van der Waals surface area contributed by atoms with Gasteiger partial charge < -0.3 is 14.6 Å². The summed E-state index contributed by atoms with van der Waals surface area (Å²) in [5.74, 6) is -0.994. The van der Waals surface area contributed by atoms with Crippen LogP contribution in [0.1, 0.15) is 21.7 Å². The molecule has 0 unspecified atom stereocenters. The van der Waals surface area contributed by atoms with E-state index in [1.807, 2.05) is 0 Å². The second-order valence-corrected chi connectivity index (χ2v) is 11.6. The minimum absolute atomic E-state index is 0.163. The number of carboxylic acid groups (broad SMARTS) is 1. The van der Waals surface area contributed by atoms with Crippen LogP contribution in [0, 0.1) is 6.92 Å². The molecule has 0 aliphatic carbocycles. The summed E-state index contributed by atoms with van der Waals surface area (Å²) >= 11 is 0. The van der Waals surface area contributed by atoms with Gasteiger partial charge in [-0.15, -0.1) is 0 Å². The molecule has 1 N–H and O–H groups in total. The molecule has 114 valence electrons. The maximum atomic E-state index is 11.3. The zero-order chi connectivity index (χ0) is 15.3. The zero-order valence-electron chi connectivity index (χ0n) is 12.9. The molecule has 0 fully saturated rings. The number of carbonyl (C=O) groups is 1. The van der Waals surface area contributed by atoms with Crippen LogP contribution in [0.2, 0.25) is 25.7 Å². The fourth-order valence-electron chi connectivity index (χ4n) is 1.77. The Morgan fingerprint density at radius 2 is 2.05 bits per heavy atom. The molecule has 0 aliphatic rings. The van der Waals surface area contributed by atoms with Crippen molar-refractivity contribution in [1.82, 2.24) is 9.78 Å². The van der Waals surface area contributed by atoms with Gasteiger partial charge >= 0.3 is 5.97 Å². The molecule has 0 saturated heterocycles. The van der Waals surface area contributed by atoms with Crippen LogP contribution in [0.25, 0.3) is 0 Å². The van der Waals surface area contributed by atoms with Crippen LogP contribution < -0.4 is 0 Å². The van der Waals surface area contributed by atoms with Gasteiger partial charge in [-0.2, -0.15) is 5.10 Å². The molecule has 1 rings (SSSR count). The predicted octanol–water partition coefficient (Wildman–Crippen LogP) is 2.35. The number of aromatic carboxylic acids is 1. The van der Waals surface area contributed by atoms with Gasteiger partial charge in [-0.05, 0) is 13.0 Å². The second-order valence-electron chi connectivity index (χ2n) is 6.01. The van der Waals surface area contributed by atoms with Crippen LogP contribution >= 0.6 is 0 Å². The third kappa shape index (κ3) is 4.73. The van der Waals surface area contributed by atoms with E-state index in [4.69, 9.17) is 9.47 Å². The normalized spacial score (nSPS) is 11.8. The first-order chi connectivity index (χ1) is 9.26. The van der Waals surface area contributed by atoms with Gasteiger partial charge in [0.25, 0.3) is 0 Å². The van der Waals surface area contributed by atoms with Gasteiger partial charge in [-0.3, -0.25) is 0 Å². The number of carboxylic acids is 1. The summed E-state index contributed by atoms with van der Waals surface area (Å²) in [4.78, 5) is 11.3. The SMILES string of the molecule is COCc1nn(COCC[Si](C)(C)C)c(C(=O)O)c1C. The first-order valence-electron chi connectivity index (χ1n) is 6.62. The van der Waals surface area contributed by atoms with Crippen molar-refractivity contribution in [3.05, 3.63) is 17.0 Å². The van der Waals surface area contributed by atoms with Crippen molar-refractivity contribution in [3.63, 3.8) is 0 Å². The first-order valence-corrected chi connectivity index (χ1v) is 10.3. The molecule has 20 heavy (non-hydrogen) atoms. The molecular formula is C13H24N2O4Si. The largest absolute Gasteiger partial charge is 0.477 e. The highest BCUT2D eigenvalue weighted by Gasteiger charge is 2.20. The lowest BCUT2D eigenvalue weighted by Gasteiger charge is -2.15. The van der Waals surface area contributed by atoms with Gasteiger partial charge in [0.2, 0.25) is 0 Å². The molecule has 1 heterocycles. The average Bonchev–Trinajstić information content (AvgIpc) is 2.61. The number of aromatic nitrogens is 2. The van der Waals surface area contributed by atoms with E-state index < -0.39 is 14.0 Å². The molecule has 1 aromatic rings. The van der Waals surface area contributed by atoms with E-state index in [1.165, 1.54) is 4.68 Å². The van der Waals surface area contributed by atoms with Crippen molar-refractivity contribution in [2.45, 2.75) is 45.9 Å². The molecule has 0 radical (unpaired) electrons. The van der Waals surface area contributed by atoms with Gasteiger partial charge in [0, 0.05) is 27.4 Å². The Morgan fingerprint density at radius 1 is 1.40 bits per heavy atom. The monoisotopic (exact) mass is 300 g/mol. The highest BCUT2D eigenvalue weighted by Crippen LogP contribution is 2.15. The van der Waals surface area contributed by atoms with Crippen LogP contribution in [0.4, 0.5) is 0 Å². The Morgan fingerprint density at radius 3 is 2.55 bits per heavy atom. The van der Waals surface area contributed by atoms with E-state index >= 15 is 0 Å². The summed E-state index contributed by atoms with van der Waals surface area (Å²) in [6.45, 7) is 9.65. The Kier molecular flexibility index (Phi) is 5.91. The minimum Gasteiger partial charge on any atom is -0.477 e. The number of hydrogen-bond acceptors (Lipinski definition) is 4. The number of nitrogens with zero attached hydrogens (tertiary/aromatic N) is 2. The number of rotatable bonds is 8. The molecule has 0 amide bonds. The van der Waals surface area contributed by atoms with Crippen molar-refractivity contribution >= 4 is 14.0 Å². The standard InChI is InChI=1S/C13H24N2O4Si/c1-10-11(8-18-2)14-15(12(10)13(16)17)9-19-6-7-20(3,4)5/h6-9H2,1-5H3,(H,16,17). The highest BCUT2D eigenvalue weighted by molar-refractivity contribution is 6.76. The Labute approximate surface area is 120 Å². The van der Waals surface area contributed by atoms with E-state index in [0.29, 0.717) is 24.5 Å². The van der Waals surface area contributed by atoms with E-state index in [-0.39, 0.29) is 12.4 Å². The third-order valence-corrected chi connectivity index (χ3v) is 4.69. The summed E-state index contributed by atoms with van der Waals surface area (Å²) < 4.78 is 12.0. The summed E-state index contributed by atoms with van der Waals surface area (Å²) in [7, 11) is 0.419. The van der Waals surface area contributed by atoms with Gasteiger partial charge in [0.15, 0.2) is 5.69 Å². The van der Waals surface area contributed by atoms with E-state index in [0.717, 1.165) is 6.04 Å². The summed E-state index contributed by atoms with van der Waals surface area (Å²) in [6, 6.07) is 1.04. The Balaban J connectivity index is 2.73. The summed E-state index contributed by atoms with van der Waals surface area (Å²) in [6.07, 6.45) is 0. The van der Waals surface area contributed by atoms with Crippen LogP contribution in [-0.2, 0) is 22.8 Å². The lowest BCUT2D eigenvalue weighted by Crippen LogP contribution is -2.22. The molecule has 0 saturated carbocycles. The van der Waals surface area contributed by atoms with Crippen molar-refractivity contribution < 1.29 is 19.4 Å². The number of ether oxygens (including phenoxy) is 2. The highest BCUT2D eigenvalue weighted by atomic mass is 28.3. The van der Waals surface area contributed by atoms with E-state index in [1.54, 1.807) is 14.0 Å². The third-order valence-electron chi connectivity index (χ3n) is 2.98. The van der Waals surface area contributed by atoms with Gasteiger partial charge in [0.05, 0.1) is 12.3 Å². The van der Waals surface area contributed by atoms with Gasteiger partial charge in [-0.25, -0.2) is 9.48 Å². The van der Waals surface area contributed by atoms with Crippen molar-refractivity contribution in [1.29, 1.82) is 0 Å². The van der Waals surface area contributed by atoms with Crippen LogP contribution in [0.5, 0.6) is 0 Å². The molecule has 1 aromatic heterocycles. The molecule has 0 spiro atoms. The Hall–Kier alpha value is -1.18. The van der Waals surface area contributed by atoms with E-state index in [9.17, 15) is 9.90 Å². The smallest absolute Gasteiger partial charge is 0.354 e. The first kappa shape index (κ1) is 16.9. The zero-order valence-corrected chi connectivity index (χ0v) is 13.9. The molecule has 0 aromatic carbocycles. The predicted molar refractivity (Wildman–Crippen MR) is 78.7 cm³/mol. The van der Waals surface area contributed by atoms with Crippen LogP contribution in [0.3, 0.4) is 0 Å². The van der Waals surface area contributed by atoms with Crippen molar-refractivity contribution in [2.75, 3.05) is 13.7 Å². The Bertz CT molecular complexity index is 466. The topological polar surface area (TPSA) is 73.6 Å². The number of hydrogen-bond donors (Lipinski definition) is 1. The van der Waals surface area contributed by atoms with Gasteiger partial charge in [0.1, 0.15) is 6.73 Å². The van der Waals surface area contributed by atoms with Crippen molar-refractivity contribution in [3.8, 4) is 0 Å². The molecule has 0 aliphatic heterocycles. The lowest BCUT2D eigenvalue weighted by molar-refractivity contribution is 0.0587. The van der Waals surface area contributed by atoms with E-state index in [2.05, 4.69) is 24.7 Å². The van der Waals surface area contributed by atoms with Gasteiger partial charge in [-0.1, -0.05) is 19.6 Å². The second kappa shape index (κ2) is 7.01. The minimum atomic E-state index is -1.14. The molecule has 7 heteroatoms. The fourth-order valence-corrected chi connectivity index (χ4v) is 2.53. The number of methoxy groups -OCH3 is 1. The average molecular weight is 300 g/mol. The maximum Gasteiger partial charge on any atom is 0.354 e. The van der Waals surface area contributed by atoms with Crippen LogP contribution in [0.15, 0.2) is 0 Å². The van der Waals surface area contributed by atoms with Crippen molar-refractivity contribution in [2.24, 2.45) is 0 Å². The van der Waals surface area contributed by atoms with Crippen LogP contribution in [-0.4, -0.2) is 42.6 Å². The molecule has 0 bridgehead atoms.